The molecule has 0 saturated heterocycles. The Hall–Kier alpha value is -3.45. The number of rotatable bonds is 10. The molecule has 198 valence electrons. The smallest absolute Gasteiger partial charge is 0.303 e. The van der Waals surface area contributed by atoms with E-state index >= 15 is 0 Å². The van der Waals surface area contributed by atoms with Crippen molar-refractivity contribution >= 4 is 34.8 Å². The molecule has 0 bridgehead atoms. The van der Waals surface area contributed by atoms with E-state index in [1.165, 1.54) is 0 Å². The monoisotopic (exact) mass is 533 g/mol. The summed E-state index contributed by atoms with van der Waals surface area (Å²) in [6.07, 6.45) is 4.14. The van der Waals surface area contributed by atoms with E-state index in [4.69, 9.17) is 16.7 Å². The SMILES string of the molecule is CC(C)N1c2c(-c3ccn[nH]3)cc(C(=O)Cc3ccc(Cl)cc3)cc2C2CCC(CC(=O)CCC(=O)O)C21. The van der Waals surface area contributed by atoms with E-state index in [-0.39, 0.29) is 54.7 Å². The number of halogens is 1. The summed E-state index contributed by atoms with van der Waals surface area (Å²) < 4.78 is 0. The first-order chi connectivity index (χ1) is 18.2. The molecule has 1 aliphatic carbocycles. The van der Waals surface area contributed by atoms with Crippen LogP contribution in [0.4, 0.5) is 5.69 Å². The third kappa shape index (κ3) is 5.12. The Morgan fingerprint density at radius 1 is 1.11 bits per heavy atom. The molecule has 2 N–H and O–H groups in total. The maximum absolute atomic E-state index is 13.5. The first-order valence-corrected chi connectivity index (χ1v) is 13.6. The average Bonchev–Trinajstić information content (AvgIpc) is 3.61. The van der Waals surface area contributed by atoms with E-state index in [0.717, 1.165) is 40.9 Å². The first-order valence-electron chi connectivity index (χ1n) is 13.2. The Balaban J connectivity index is 1.52. The van der Waals surface area contributed by atoms with Crippen molar-refractivity contribution in [3.8, 4) is 11.3 Å². The summed E-state index contributed by atoms with van der Waals surface area (Å²) in [6.45, 7) is 4.31. The molecule has 3 atom stereocenters. The van der Waals surface area contributed by atoms with Crippen LogP contribution in [0, 0.1) is 5.92 Å². The van der Waals surface area contributed by atoms with E-state index in [9.17, 15) is 14.4 Å². The van der Waals surface area contributed by atoms with Crippen LogP contribution in [0.1, 0.15) is 73.4 Å². The van der Waals surface area contributed by atoms with Crippen LogP contribution in [0.25, 0.3) is 11.3 Å². The van der Waals surface area contributed by atoms with Crippen molar-refractivity contribution < 1.29 is 19.5 Å². The van der Waals surface area contributed by atoms with Gasteiger partial charge in [0.05, 0.1) is 17.8 Å². The van der Waals surface area contributed by atoms with E-state index in [2.05, 4.69) is 35.0 Å². The van der Waals surface area contributed by atoms with Crippen LogP contribution in [0.15, 0.2) is 48.7 Å². The minimum Gasteiger partial charge on any atom is -0.481 e. The molecule has 38 heavy (non-hydrogen) atoms. The Kier molecular flexibility index (Phi) is 7.39. The van der Waals surface area contributed by atoms with Gasteiger partial charge in [-0.2, -0.15) is 5.10 Å². The molecule has 1 fully saturated rings. The number of nitrogens with one attached hydrogen (secondary N) is 1. The third-order valence-electron chi connectivity index (χ3n) is 7.92. The zero-order chi connectivity index (χ0) is 27.0. The van der Waals surface area contributed by atoms with Crippen molar-refractivity contribution in [3.05, 3.63) is 70.4 Å². The standard InChI is InChI=1S/C30H32ClN3O4/c1-17(2)34-29-19(14-22(35)8-10-28(37)38)5-9-23(29)24-15-20(16-25(30(24)34)26-11-12-32-33-26)27(36)13-18-3-6-21(31)7-4-18/h3-4,6-7,11-12,15-17,19,23,29H,5,8-10,13-14H2,1-2H3,(H,32,33)(H,37,38). The predicted molar refractivity (Wildman–Crippen MR) is 147 cm³/mol. The number of carboxylic acids is 1. The summed E-state index contributed by atoms with van der Waals surface area (Å²) in [5, 5.41) is 16.9. The second kappa shape index (κ2) is 10.7. The van der Waals surface area contributed by atoms with Gasteiger partial charge in [0.1, 0.15) is 5.78 Å². The van der Waals surface area contributed by atoms with Crippen LogP contribution in [0.2, 0.25) is 5.02 Å². The largest absolute Gasteiger partial charge is 0.481 e. The van der Waals surface area contributed by atoms with Crippen molar-refractivity contribution in [2.24, 2.45) is 5.92 Å². The van der Waals surface area contributed by atoms with Gasteiger partial charge in [-0.15, -0.1) is 0 Å². The molecule has 2 aromatic carbocycles. The van der Waals surface area contributed by atoms with Gasteiger partial charge in [0, 0.05) is 59.6 Å². The van der Waals surface area contributed by atoms with Crippen molar-refractivity contribution in [3.63, 3.8) is 0 Å². The van der Waals surface area contributed by atoms with E-state index in [1.54, 1.807) is 18.3 Å². The molecule has 3 unspecified atom stereocenters. The number of fused-ring (bicyclic) bond motifs is 3. The van der Waals surface area contributed by atoms with Crippen LogP contribution in [-0.4, -0.2) is 44.9 Å². The molecule has 2 heterocycles. The first kappa shape index (κ1) is 26.2. The number of H-pyrrole nitrogens is 1. The number of carboxylic acid groups (broad SMARTS) is 1. The molecule has 2 aliphatic rings. The molecule has 7 nitrogen and oxygen atoms in total. The highest BCUT2D eigenvalue weighted by Crippen LogP contribution is 2.56. The van der Waals surface area contributed by atoms with Crippen molar-refractivity contribution in [1.29, 1.82) is 0 Å². The number of carbonyl (C=O) groups is 3. The lowest BCUT2D eigenvalue weighted by molar-refractivity contribution is -0.138. The van der Waals surface area contributed by atoms with Crippen LogP contribution >= 0.6 is 11.6 Å². The number of ketones is 2. The number of aliphatic carboxylic acids is 1. The lowest BCUT2D eigenvalue weighted by Gasteiger charge is -2.36. The van der Waals surface area contributed by atoms with Crippen LogP contribution in [0.3, 0.4) is 0 Å². The number of benzene rings is 2. The predicted octanol–water partition coefficient (Wildman–Crippen LogP) is 6.07. The molecular weight excluding hydrogens is 502 g/mol. The van der Waals surface area contributed by atoms with Gasteiger partial charge >= 0.3 is 5.97 Å². The summed E-state index contributed by atoms with van der Waals surface area (Å²) in [5.74, 6) is -0.563. The van der Waals surface area contributed by atoms with E-state index in [0.29, 0.717) is 17.0 Å². The summed E-state index contributed by atoms with van der Waals surface area (Å²) in [7, 11) is 0. The van der Waals surface area contributed by atoms with Gasteiger partial charge in [-0.1, -0.05) is 23.7 Å². The Bertz CT molecular complexity index is 1350. The molecule has 3 aromatic rings. The fraction of sp³-hybridized carbons (Fsp3) is 0.400. The molecule has 1 aliphatic heterocycles. The van der Waals surface area contributed by atoms with Crippen molar-refractivity contribution in [1.82, 2.24) is 10.2 Å². The summed E-state index contributed by atoms with van der Waals surface area (Å²) >= 11 is 6.03. The quantitative estimate of drug-likeness (QED) is 0.306. The number of carbonyl (C=O) groups excluding carboxylic acids is 2. The number of nitrogens with zero attached hydrogens (tertiary/aromatic N) is 2. The minimum absolute atomic E-state index is 0.00494. The van der Waals surface area contributed by atoms with Gasteiger partial charge in [0.2, 0.25) is 0 Å². The van der Waals surface area contributed by atoms with Crippen molar-refractivity contribution in [2.45, 2.75) is 70.4 Å². The number of aromatic nitrogens is 2. The average molecular weight is 534 g/mol. The maximum atomic E-state index is 13.5. The molecule has 0 radical (unpaired) electrons. The Morgan fingerprint density at radius 2 is 1.87 bits per heavy atom. The minimum atomic E-state index is -0.945. The zero-order valence-electron chi connectivity index (χ0n) is 21.6. The molecule has 5 rings (SSSR count). The molecule has 1 saturated carbocycles. The van der Waals surface area contributed by atoms with Gasteiger partial charge in [0.25, 0.3) is 0 Å². The molecule has 0 spiro atoms. The highest BCUT2D eigenvalue weighted by atomic mass is 35.5. The molecular formula is C30H32ClN3O4. The fourth-order valence-electron chi connectivity index (χ4n) is 6.33. The van der Waals surface area contributed by atoms with Gasteiger partial charge in [-0.3, -0.25) is 19.5 Å². The summed E-state index contributed by atoms with van der Waals surface area (Å²) in [4.78, 5) is 39.6. The van der Waals surface area contributed by atoms with Crippen LogP contribution < -0.4 is 4.90 Å². The Labute approximate surface area is 227 Å². The van der Waals surface area contributed by atoms with E-state index < -0.39 is 5.97 Å². The normalized spacial score (nSPS) is 20.0. The molecule has 1 aromatic heterocycles. The zero-order valence-corrected chi connectivity index (χ0v) is 22.4. The lowest BCUT2D eigenvalue weighted by atomic mass is 9.89. The maximum Gasteiger partial charge on any atom is 0.303 e. The van der Waals surface area contributed by atoms with Crippen molar-refractivity contribution in [2.75, 3.05) is 4.90 Å². The summed E-state index contributed by atoms with van der Waals surface area (Å²) in [5.41, 5.74) is 5.61. The topological polar surface area (TPSA) is 103 Å². The third-order valence-corrected chi connectivity index (χ3v) is 8.17. The Morgan fingerprint density at radius 3 is 2.53 bits per heavy atom. The lowest BCUT2D eigenvalue weighted by Crippen LogP contribution is -2.42. The van der Waals surface area contributed by atoms with Gasteiger partial charge in [-0.05, 0) is 74.1 Å². The second-order valence-electron chi connectivity index (χ2n) is 10.7. The highest BCUT2D eigenvalue weighted by molar-refractivity contribution is 6.30. The van der Waals surface area contributed by atoms with Gasteiger partial charge < -0.3 is 10.0 Å². The number of Topliss-reactive ketones (excluding diaryl/α,β-unsaturated/α-hetero) is 2. The second-order valence-corrected chi connectivity index (χ2v) is 11.2. The van der Waals surface area contributed by atoms with Gasteiger partial charge in [0.15, 0.2) is 5.78 Å². The van der Waals surface area contributed by atoms with Gasteiger partial charge in [-0.25, -0.2) is 0 Å². The number of hydrogen-bond acceptors (Lipinski definition) is 5. The highest BCUT2D eigenvalue weighted by Gasteiger charge is 2.49. The van der Waals surface area contributed by atoms with Crippen LogP contribution in [0.5, 0.6) is 0 Å². The summed E-state index contributed by atoms with van der Waals surface area (Å²) in [6, 6.07) is 13.6. The molecule has 0 amide bonds. The van der Waals surface area contributed by atoms with E-state index in [1.807, 2.05) is 24.3 Å². The van der Waals surface area contributed by atoms with Crippen LogP contribution in [-0.2, 0) is 16.0 Å². The fourth-order valence-corrected chi connectivity index (χ4v) is 6.45. The number of anilines is 1. The number of hydrogen-bond donors (Lipinski definition) is 2. The molecule has 8 heteroatoms. The number of aromatic amines is 1.